The van der Waals surface area contributed by atoms with Crippen LogP contribution in [0.4, 0.5) is 14.9 Å². The van der Waals surface area contributed by atoms with Crippen molar-refractivity contribution in [3.05, 3.63) is 46.8 Å². The fourth-order valence-corrected chi connectivity index (χ4v) is 4.81. The Bertz CT molecular complexity index is 1040. The lowest BCUT2D eigenvalue weighted by Crippen LogP contribution is -2.37. The molecule has 5 N–H and O–H groups in total. The van der Waals surface area contributed by atoms with Gasteiger partial charge in [-0.3, -0.25) is 4.79 Å². The van der Waals surface area contributed by atoms with E-state index in [2.05, 4.69) is 5.32 Å². The Balaban J connectivity index is 2.52. The van der Waals surface area contributed by atoms with Gasteiger partial charge >= 0.3 is 6.09 Å². The number of carbonyl (C=O) groups is 2. The second kappa shape index (κ2) is 14.3. The number of anilines is 1. The Labute approximate surface area is 223 Å². The summed E-state index contributed by atoms with van der Waals surface area (Å²) in [6.07, 6.45) is 0.923. The van der Waals surface area contributed by atoms with Crippen LogP contribution in [0, 0.1) is 17.7 Å². The van der Waals surface area contributed by atoms with E-state index in [1.54, 1.807) is 26.0 Å². The molecule has 0 spiro atoms. The van der Waals surface area contributed by atoms with Crippen LogP contribution in [0.1, 0.15) is 52.5 Å². The van der Waals surface area contributed by atoms with E-state index in [0.717, 1.165) is 0 Å². The zero-order valence-corrected chi connectivity index (χ0v) is 23.0. The lowest BCUT2D eigenvalue weighted by Gasteiger charge is -2.30. The number of hydrogen-bond acceptors (Lipinski definition) is 7. The van der Waals surface area contributed by atoms with Crippen molar-refractivity contribution in [2.24, 2.45) is 17.6 Å². The minimum absolute atomic E-state index is 0.0397. The summed E-state index contributed by atoms with van der Waals surface area (Å²) in [5.41, 5.74) is 6.38. The second-order valence-electron chi connectivity index (χ2n) is 10.1. The number of aliphatic hydroxyl groups excluding tert-OH is 1. The predicted octanol–water partition coefficient (Wildman–Crippen LogP) is 4.22. The number of amides is 2. The number of halogens is 1. The average molecular weight is 537 g/mol. The Morgan fingerprint density at radius 3 is 2.42 bits per heavy atom. The number of ether oxygens (including phenoxy) is 3. The number of hydrogen-bond donors (Lipinski definition) is 4. The second-order valence-corrected chi connectivity index (χ2v) is 10.1. The number of aliphatic hydroxyl groups is 1. The lowest BCUT2D eigenvalue weighted by atomic mass is 9.88. The maximum absolute atomic E-state index is 15.3. The number of primary amides is 1. The van der Waals surface area contributed by atoms with Gasteiger partial charge < -0.3 is 35.5 Å². The van der Waals surface area contributed by atoms with E-state index in [1.807, 2.05) is 13.8 Å². The Morgan fingerprint density at radius 1 is 1.16 bits per heavy atom. The number of carbonyl (C=O) groups excluding carboxylic acids is 2. The zero-order valence-electron chi connectivity index (χ0n) is 23.0. The molecule has 1 aliphatic heterocycles. The predicted molar refractivity (Wildman–Crippen MR) is 142 cm³/mol. The molecule has 1 aromatic carbocycles. The molecule has 6 unspecified atom stereocenters. The van der Waals surface area contributed by atoms with Crippen LogP contribution in [0.5, 0.6) is 5.75 Å². The van der Waals surface area contributed by atoms with Gasteiger partial charge in [-0.05, 0) is 63.2 Å². The molecular weight excluding hydrogens is 495 g/mol. The normalized spacial score (nSPS) is 28.2. The maximum Gasteiger partial charge on any atom is 0.405 e. The largest absolute Gasteiger partial charge is 0.508 e. The fourth-order valence-electron chi connectivity index (χ4n) is 4.81. The van der Waals surface area contributed by atoms with Gasteiger partial charge in [0.05, 0.1) is 24.0 Å². The molecule has 2 rings (SSSR count). The topological polar surface area (TPSA) is 140 Å². The molecule has 2 bridgehead atoms. The third-order valence-electron chi connectivity index (χ3n) is 6.99. The maximum atomic E-state index is 15.3. The van der Waals surface area contributed by atoms with Gasteiger partial charge in [0.2, 0.25) is 0 Å². The highest BCUT2D eigenvalue weighted by Gasteiger charge is 2.30. The van der Waals surface area contributed by atoms with Gasteiger partial charge in [0.15, 0.2) is 11.9 Å². The van der Waals surface area contributed by atoms with Crippen LogP contribution in [0.15, 0.2) is 35.4 Å². The summed E-state index contributed by atoms with van der Waals surface area (Å²) in [4.78, 5) is 24.4. The summed E-state index contributed by atoms with van der Waals surface area (Å²) < 4.78 is 31.9. The van der Waals surface area contributed by atoms with Gasteiger partial charge in [-0.25, -0.2) is 9.18 Å². The summed E-state index contributed by atoms with van der Waals surface area (Å²) in [6.45, 7) is 7.05. The van der Waals surface area contributed by atoms with E-state index in [1.165, 1.54) is 26.4 Å². The quantitative estimate of drug-likeness (QED) is 0.335. The third-order valence-corrected chi connectivity index (χ3v) is 6.99. The number of aromatic hydroxyl groups is 1. The van der Waals surface area contributed by atoms with Crippen LogP contribution in [0.2, 0.25) is 0 Å². The molecule has 212 valence electrons. The number of nitrogens with one attached hydrogen (secondary N) is 1. The summed E-state index contributed by atoms with van der Waals surface area (Å²) in [6, 6.07) is 2.67. The van der Waals surface area contributed by atoms with Crippen molar-refractivity contribution >= 4 is 17.7 Å². The highest BCUT2D eigenvalue weighted by molar-refractivity contribution is 6.03. The smallest absolute Gasteiger partial charge is 0.405 e. The molecule has 38 heavy (non-hydrogen) atoms. The lowest BCUT2D eigenvalue weighted by molar-refractivity contribution is -0.112. The molecule has 0 radical (unpaired) electrons. The van der Waals surface area contributed by atoms with Crippen LogP contribution in [0.25, 0.3) is 0 Å². The van der Waals surface area contributed by atoms with Crippen molar-refractivity contribution in [1.82, 2.24) is 0 Å². The molecule has 1 heterocycles. The molecule has 1 aliphatic rings. The molecule has 0 fully saturated rings. The number of fused-ring (bicyclic) bond motifs is 2. The van der Waals surface area contributed by atoms with Crippen molar-refractivity contribution in [2.45, 2.75) is 77.8 Å². The highest BCUT2D eigenvalue weighted by atomic mass is 19.1. The highest BCUT2D eigenvalue weighted by Crippen LogP contribution is 2.31. The molecular formula is C28H41FN2O7. The molecule has 0 saturated carbocycles. The van der Waals surface area contributed by atoms with Crippen molar-refractivity contribution in [3.63, 3.8) is 0 Å². The fraction of sp³-hybridized carbons (Fsp3) is 0.571. The minimum Gasteiger partial charge on any atom is -0.508 e. The number of methoxy groups -OCH3 is 2. The van der Waals surface area contributed by atoms with Gasteiger partial charge in [0, 0.05) is 31.3 Å². The average Bonchev–Trinajstić information content (AvgIpc) is 2.86. The molecule has 10 heteroatoms. The monoisotopic (exact) mass is 536 g/mol. The van der Waals surface area contributed by atoms with E-state index in [4.69, 9.17) is 19.9 Å². The Morgan fingerprint density at radius 2 is 1.82 bits per heavy atom. The summed E-state index contributed by atoms with van der Waals surface area (Å²) in [7, 11) is 2.97. The summed E-state index contributed by atoms with van der Waals surface area (Å²) in [5.74, 6) is -1.99. The molecule has 0 aromatic heterocycles. The molecule has 9 nitrogen and oxygen atoms in total. The first-order valence-corrected chi connectivity index (χ1v) is 12.8. The van der Waals surface area contributed by atoms with Crippen LogP contribution >= 0.6 is 0 Å². The minimum atomic E-state index is -0.960. The van der Waals surface area contributed by atoms with Gasteiger partial charge in [-0.1, -0.05) is 26.0 Å². The van der Waals surface area contributed by atoms with E-state index < -0.39 is 48.2 Å². The van der Waals surface area contributed by atoms with E-state index in [0.29, 0.717) is 30.4 Å². The van der Waals surface area contributed by atoms with Crippen molar-refractivity contribution < 1.29 is 38.4 Å². The van der Waals surface area contributed by atoms with Gasteiger partial charge in [-0.2, -0.15) is 0 Å². The molecule has 0 aliphatic carbocycles. The summed E-state index contributed by atoms with van der Waals surface area (Å²) in [5, 5.41) is 24.0. The summed E-state index contributed by atoms with van der Waals surface area (Å²) >= 11 is 0. The van der Waals surface area contributed by atoms with E-state index in [-0.39, 0.29) is 29.3 Å². The van der Waals surface area contributed by atoms with Crippen molar-refractivity contribution in [2.75, 3.05) is 19.5 Å². The molecule has 0 saturated heterocycles. The third kappa shape index (κ3) is 8.28. The van der Waals surface area contributed by atoms with Crippen molar-refractivity contribution in [1.29, 1.82) is 0 Å². The molecule has 6 atom stereocenters. The number of phenols is 1. The number of allylic oxidation sites excluding steroid dienone is 1. The van der Waals surface area contributed by atoms with Crippen molar-refractivity contribution in [3.8, 4) is 5.75 Å². The van der Waals surface area contributed by atoms with Gasteiger partial charge in [0.1, 0.15) is 5.75 Å². The van der Waals surface area contributed by atoms with Crippen LogP contribution < -0.4 is 11.1 Å². The number of nitrogens with two attached hydrogens (primary N) is 1. The number of rotatable bonds is 3. The first-order chi connectivity index (χ1) is 17.9. The first-order valence-electron chi connectivity index (χ1n) is 12.8. The van der Waals surface area contributed by atoms with Gasteiger partial charge in [0.25, 0.3) is 5.91 Å². The molecule has 1 aromatic rings. The van der Waals surface area contributed by atoms with Gasteiger partial charge in [-0.15, -0.1) is 0 Å². The Hall–Kier alpha value is -2.95. The van der Waals surface area contributed by atoms with E-state index >= 15 is 4.39 Å². The molecule has 2 amide bonds. The number of benzene rings is 1. The first kappa shape index (κ1) is 31.3. The zero-order chi connectivity index (χ0) is 28.6. The van der Waals surface area contributed by atoms with Crippen LogP contribution in [-0.2, 0) is 25.4 Å². The van der Waals surface area contributed by atoms with E-state index in [9.17, 15) is 19.8 Å². The standard InChI is InChI=1S/C28H41FN2O7/c1-15-12-19-21(32)11-10-20(24(19)29)31-27(34)16(2)8-7-9-22(36-5)26(38-28(30)35)18(4)14-17(3)25(33)23(13-15)37-6/h8,10-11,14-15,17,22-23,25-26,32-33H,7,9,12-13H2,1-6H3,(H2,30,35)(H,31,34). The Kier molecular flexibility index (Phi) is 11.7. The SMILES string of the molecule is COC1CCC=C(C)C(=O)Nc2ccc(O)c(c2F)CC(C)CC(OC)C(O)C(C)C=C(C)C1OC(N)=O. The number of phenolic OH excluding ortho intramolecular Hbond substituents is 1. The van der Waals surface area contributed by atoms with Crippen LogP contribution in [-0.4, -0.2) is 60.8 Å². The van der Waals surface area contributed by atoms with Crippen LogP contribution in [0.3, 0.4) is 0 Å².